The molecule has 1 heterocycles. The molecule has 1 rings (SSSR count). The average Bonchev–Trinajstić information content (AvgIpc) is 2.21. The van der Waals surface area contributed by atoms with Gasteiger partial charge < -0.3 is 10.4 Å². The van der Waals surface area contributed by atoms with Crippen LogP contribution < -0.4 is 5.32 Å². The molecule has 90 valence electrons. The molecule has 1 atom stereocenters. The van der Waals surface area contributed by atoms with Crippen LogP contribution >= 0.6 is 27.5 Å². The third kappa shape index (κ3) is 4.23. The minimum absolute atomic E-state index is 0.0257. The second-order valence-electron chi connectivity index (χ2n) is 3.99. The Hall–Kier alpha value is -0.390. The van der Waals surface area contributed by atoms with Crippen LogP contribution in [0.3, 0.4) is 0 Å². The summed E-state index contributed by atoms with van der Waals surface area (Å²) in [6.07, 6.45) is 2.45. The third-order valence-electron chi connectivity index (χ3n) is 2.03. The zero-order valence-corrected chi connectivity index (χ0v) is 11.6. The highest BCUT2D eigenvalue weighted by Crippen LogP contribution is 2.22. The molecular formula is C10H15BrClN3O. The highest BCUT2D eigenvalue weighted by atomic mass is 79.9. The van der Waals surface area contributed by atoms with Gasteiger partial charge in [-0.1, -0.05) is 13.8 Å². The van der Waals surface area contributed by atoms with E-state index >= 15 is 0 Å². The van der Waals surface area contributed by atoms with E-state index in [2.05, 4.69) is 45.1 Å². The Balaban J connectivity index is 2.73. The maximum absolute atomic E-state index is 9.24. The highest BCUT2D eigenvalue weighted by Gasteiger charge is 2.12. The van der Waals surface area contributed by atoms with Crippen molar-refractivity contribution < 1.29 is 5.11 Å². The number of rotatable bonds is 5. The second kappa shape index (κ2) is 6.37. The van der Waals surface area contributed by atoms with Crippen molar-refractivity contribution in [2.24, 2.45) is 5.92 Å². The molecule has 1 unspecified atom stereocenters. The fraction of sp³-hybridized carbons (Fsp3) is 0.600. The van der Waals surface area contributed by atoms with E-state index in [1.165, 1.54) is 0 Å². The third-order valence-corrected chi connectivity index (χ3v) is 2.79. The van der Waals surface area contributed by atoms with E-state index in [0.29, 0.717) is 11.7 Å². The molecule has 0 aliphatic heterocycles. The molecule has 0 aliphatic rings. The van der Waals surface area contributed by atoms with Crippen molar-refractivity contribution >= 4 is 33.3 Å². The van der Waals surface area contributed by atoms with Gasteiger partial charge in [-0.15, -0.1) is 0 Å². The summed E-state index contributed by atoms with van der Waals surface area (Å²) in [5.41, 5.74) is 0. The lowest BCUT2D eigenvalue weighted by Gasteiger charge is -2.19. The van der Waals surface area contributed by atoms with Crippen molar-refractivity contribution in [2.45, 2.75) is 26.3 Å². The predicted molar refractivity (Wildman–Crippen MR) is 68.7 cm³/mol. The van der Waals surface area contributed by atoms with Crippen molar-refractivity contribution in [3.63, 3.8) is 0 Å². The molecule has 0 saturated heterocycles. The maximum atomic E-state index is 9.24. The lowest BCUT2D eigenvalue weighted by molar-refractivity contribution is 0.259. The molecule has 0 aliphatic carbocycles. The predicted octanol–water partition coefficient (Wildman–Crippen LogP) is 2.71. The van der Waals surface area contributed by atoms with Crippen LogP contribution in [0.4, 0.5) is 5.82 Å². The molecule has 1 aromatic heterocycles. The van der Waals surface area contributed by atoms with E-state index in [0.717, 1.165) is 10.9 Å². The Kier molecular flexibility index (Phi) is 5.44. The Morgan fingerprint density at radius 1 is 1.56 bits per heavy atom. The van der Waals surface area contributed by atoms with Crippen LogP contribution in [0.25, 0.3) is 0 Å². The second-order valence-corrected chi connectivity index (χ2v) is 5.18. The Morgan fingerprint density at radius 2 is 2.25 bits per heavy atom. The largest absolute Gasteiger partial charge is 0.394 e. The zero-order chi connectivity index (χ0) is 12.1. The van der Waals surface area contributed by atoms with Gasteiger partial charge in [-0.25, -0.2) is 4.98 Å². The van der Waals surface area contributed by atoms with Crippen molar-refractivity contribution in [2.75, 3.05) is 11.9 Å². The van der Waals surface area contributed by atoms with Crippen molar-refractivity contribution in [3.05, 3.63) is 16.0 Å². The summed E-state index contributed by atoms with van der Waals surface area (Å²) in [7, 11) is 0. The highest BCUT2D eigenvalue weighted by molar-refractivity contribution is 9.10. The molecule has 0 bridgehead atoms. The number of aliphatic hydroxyl groups is 1. The Labute approximate surface area is 109 Å². The molecule has 16 heavy (non-hydrogen) atoms. The van der Waals surface area contributed by atoms with Crippen molar-refractivity contribution in [3.8, 4) is 0 Å². The van der Waals surface area contributed by atoms with Crippen LogP contribution in [0.5, 0.6) is 0 Å². The summed E-state index contributed by atoms with van der Waals surface area (Å²) >= 11 is 9.03. The lowest BCUT2D eigenvalue weighted by atomic mass is 10.0. The van der Waals surface area contributed by atoms with E-state index in [4.69, 9.17) is 11.6 Å². The van der Waals surface area contributed by atoms with Gasteiger partial charge in [-0.3, -0.25) is 0 Å². The van der Waals surface area contributed by atoms with Crippen molar-refractivity contribution in [1.82, 2.24) is 9.97 Å². The minimum Gasteiger partial charge on any atom is -0.394 e. The van der Waals surface area contributed by atoms with E-state index in [-0.39, 0.29) is 17.9 Å². The number of hydrogen-bond acceptors (Lipinski definition) is 4. The molecule has 0 aromatic carbocycles. The average molecular weight is 309 g/mol. The van der Waals surface area contributed by atoms with Gasteiger partial charge in [0.2, 0.25) is 5.28 Å². The number of aliphatic hydroxyl groups excluding tert-OH is 1. The van der Waals surface area contributed by atoms with Crippen molar-refractivity contribution in [1.29, 1.82) is 0 Å². The standard InChI is InChI=1S/C10H15BrClN3O/c1-6(2)3-7(5-16)14-9-8(11)4-13-10(12)15-9/h4,6-7,16H,3,5H2,1-2H3,(H,13,14,15). The van der Waals surface area contributed by atoms with Gasteiger partial charge in [0.25, 0.3) is 0 Å². The summed E-state index contributed by atoms with van der Waals surface area (Å²) in [5, 5.41) is 12.6. The summed E-state index contributed by atoms with van der Waals surface area (Å²) < 4.78 is 0.735. The first-order valence-electron chi connectivity index (χ1n) is 5.08. The zero-order valence-electron chi connectivity index (χ0n) is 9.24. The van der Waals surface area contributed by atoms with Gasteiger partial charge in [0.15, 0.2) is 0 Å². The molecule has 0 radical (unpaired) electrons. The van der Waals surface area contributed by atoms with Crippen LogP contribution in [-0.4, -0.2) is 27.7 Å². The number of nitrogens with zero attached hydrogens (tertiary/aromatic N) is 2. The molecule has 1 aromatic rings. The summed E-state index contributed by atoms with van der Waals surface area (Å²) in [4.78, 5) is 7.89. The van der Waals surface area contributed by atoms with E-state index in [1.807, 2.05) is 0 Å². The van der Waals surface area contributed by atoms with Crippen LogP contribution in [-0.2, 0) is 0 Å². The van der Waals surface area contributed by atoms with Gasteiger partial charge in [-0.2, -0.15) is 4.98 Å². The Morgan fingerprint density at radius 3 is 2.81 bits per heavy atom. The summed E-state index contributed by atoms with van der Waals surface area (Å²) in [5.74, 6) is 1.11. The minimum atomic E-state index is -0.0257. The van der Waals surface area contributed by atoms with E-state index in [1.54, 1.807) is 6.20 Å². The quantitative estimate of drug-likeness (QED) is 0.821. The number of nitrogens with one attached hydrogen (secondary N) is 1. The van der Waals surface area contributed by atoms with Gasteiger partial charge in [0, 0.05) is 6.20 Å². The van der Waals surface area contributed by atoms with Crippen LogP contribution in [0.15, 0.2) is 10.7 Å². The SMILES string of the molecule is CC(C)CC(CO)Nc1nc(Cl)ncc1Br. The lowest BCUT2D eigenvalue weighted by Crippen LogP contribution is -2.26. The van der Waals surface area contributed by atoms with Gasteiger partial charge in [-0.05, 0) is 39.9 Å². The number of hydrogen-bond donors (Lipinski definition) is 2. The molecule has 0 spiro atoms. The molecule has 0 saturated carbocycles. The molecule has 6 heteroatoms. The first-order valence-corrected chi connectivity index (χ1v) is 6.25. The maximum Gasteiger partial charge on any atom is 0.224 e. The number of anilines is 1. The Bertz CT molecular complexity index is 349. The van der Waals surface area contributed by atoms with Crippen LogP contribution in [0, 0.1) is 5.92 Å². The number of halogens is 2. The molecular weight excluding hydrogens is 293 g/mol. The smallest absolute Gasteiger partial charge is 0.224 e. The van der Waals surface area contributed by atoms with Gasteiger partial charge in [0.05, 0.1) is 17.1 Å². The fourth-order valence-electron chi connectivity index (χ4n) is 1.39. The van der Waals surface area contributed by atoms with Gasteiger partial charge in [0.1, 0.15) is 5.82 Å². The molecule has 0 amide bonds. The number of aromatic nitrogens is 2. The van der Waals surface area contributed by atoms with Gasteiger partial charge >= 0.3 is 0 Å². The molecule has 2 N–H and O–H groups in total. The summed E-state index contributed by atoms with van der Waals surface area (Å²) in [6.45, 7) is 4.27. The fourth-order valence-corrected chi connectivity index (χ4v) is 1.83. The molecule has 0 fully saturated rings. The summed E-state index contributed by atoms with van der Waals surface area (Å²) in [6, 6.07) is -0.0257. The normalized spacial score (nSPS) is 12.9. The van der Waals surface area contributed by atoms with E-state index in [9.17, 15) is 5.11 Å². The first-order chi connectivity index (χ1) is 7.52. The monoisotopic (exact) mass is 307 g/mol. The van der Waals surface area contributed by atoms with E-state index < -0.39 is 0 Å². The van der Waals surface area contributed by atoms with Crippen LogP contribution in [0.1, 0.15) is 20.3 Å². The first kappa shape index (κ1) is 13.7. The topological polar surface area (TPSA) is 58.0 Å². The van der Waals surface area contributed by atoms with Crippen LogP contribution in [0.2, 0.25) is 5.28 Å². The molecule has 4 nitrogen and oxygen atoms in total.